The zero-order chi connectivity index (χ0) is 14.7. The lowest BCUT2D eigenvalue weighted by Crippen LogP contribution is -2.32. The summed E-state index contributed by atoms with van der Waals surface area (Å²) in [5, 5.41) is 5.32. The number of aryl methyl sites for hydroxylation is 1. The third-order valence-electron chi connectivity index (χ3n) is 2.63. The molecule has 0 aliphatic heterocycles. The number of fused-ring (bicyclic) bond motifs is 1. The van der Waals surface area contributed by atoms with Crippen LogP contribution in [0.3, 0.4) is 0 Å². The summed E-state index contributed by atoms with van der Waals surface area (Å²) >= 11 is 0. The smallest absolute Gasteiger partial charge is 0.315 e. The van der Waals surface area contributed by atoms with Crippen molar-refractivity contribution in [2.75, 3.05) is 19.3 Å². The fourth-order valence-electron chi connectivity index (χ4n) is 1.74. The van der Waals surface area contributed by atoms with Gasteiger partial charge in [0, 0.05) is 20.3 Å². The van der Waals surface area contributed by atoms with Crippen molar-refractivity contribution >= 4 is 23.0 Å². The Kier molecular flexibility index (Phi) is 3.61. The monoisotopic (exact) mass is 274 g/mol. The van der Waals surface area contributed by atoms with Crippen LogP contribution in [-0.2, 0) is 7.05 Å². The molecule has 2 aromatic rings. The van der Waals surface area contributed by atoms with Crippen LogP contribution in [-0.4, -0.2) is 34.2 Å². The number of nitrogen functional groups attached to an aromatic ring is 1. The molecule has 5 N–H and O–H groups in total. The molecule has 8 nitrogen and oxygen atoms in total. The molecule has 0 radical (unpaired) electrons. The summed E-state index contributed by atoms with van der Waals surface area (Å²) in [7, 11) is 3.27. The highest BCUT2D eigenvalue weighted by molar-refractivity contribution is 5.83. The van der Waals surface area contributed by atoms with Crippen molar-refractivity contribution in [3.05, 3.63) is 22.1 Å². The van der Waals surface area contributed by atoms with Crippen molar-refractivity contribution < 1.29 is 4.79 Å². The van der Waals surface area contributed by atoms with Crippen molar-refractivity contribution in [2.45, 2.75) is 0 Å². The fraction of sp³-hybridized carbons (Fsp3) is 0.250. The van der Waals surface area contributed by atoms with E-state index in [-0.39, 0.29) is 24.1 Å². The number of aromatic nitrogens is 3. The van der Waals surface area contributed by atoms with Gasteiger partial charge in [-0.15, -0.1) is 0 Å². The molecule has 0 fully saturated rings. The summed E-state index contributed by atoms with van der Waals surface area (Å²) in [6, 6.07) is -0.315. The number of anilines is 1. The number of carbonyl (C=O) groups is 1. The molecule has 2 amide bonds. The molecule has 0 saturated heterocycles. The van der Waals surface area contributed by atoms with E-state index in [1.54, 1.807) is 17.8 Å². The van der Waals surface area contributed by atoms with Crippen LogP contribution in [0.25, 0.3) is 11.0 Å². The van der Waals surface area contributed by atoms with Crippen molar-refractivity contribution in [1.29, 1.82) is 0 Å². The van der Waals surface area contributed by atoms with Gasteiger partial charge in [0.05, 0.1) is 17.5 Å². The van der Waals surface area contributed by atoms with Crippen LogP contribution in [0.4, 0.5) is 10.7 Å². The second-order valence-corrected chi connectivity index (χ2v) is 4.04. The Morgan fingerprint density at radius 1 is 1.60 bits per heavy atom. The summed E-state index contributed by atoms with van der Waals surface area (Å²) in [6.45, 7) is 0.177. The average molecular weight is 274 g/mol. The number of nitrogens with zero attached hydrogens (tertiary/aromatic N) is 2. The van der Waals surface area contributed by atoms with Crippen LogP contribution in [0, 0.1) is 11.8 Å². The van der Waals surface area contributed by atoms with Crippen LogP contribution in [0.5, 0.6) is 0 Å². The minimum Gasteiger partial charge on any atom is -0.369 e. The number of aromatic amines is 1. The Balaban J connectivity index is 2.35. The topological polar surface area (TPSA) is 118 Å². The number of amides is 2. The lowest BCUT2D eigenvalue weighted by atomic mass is 10.2. The first-order valence-corrected chi connectivity index (χ1v) is 5.82. The summed E-state index contributed by atoms with van der Waals surface area (Å²) in [5.74, 6) is 5.66. The zero-order valence-electron chi connectivity index (χ0n) is 11.1. The van der Waals surface area contributed by atoms with E-state index in [4.69, 9.17) is 5.73 Å². The molecule has 0 bridgehead atoms. The predicted molar refractivity (Wildman–Crippen MR) is 75.1 cm³/mol. The van der Waals surface area contributed by atoms with E-state index in [1.807, 2.05) is 0 Å². The summed E-state index contributed by atoms with van der Waals surface area (Å²) in [6.07, 6.45) is 1.69. The first kappa shape index (κ1) is 13.5. The van der Waals surface area contributed by atoms with E-state index in [1.165, 1.54) is 7.05 Å². The van der Waals surface area contributed by atoms with Crippen molar-refractivity contribution in [2.24, 2.45) is 7.05 Å². The number of nitrogens with two attached hydrogens (primary N) is 1. The average Bonchev–Trinajstić information content (AvgIpc) is 2.71. The molecule has 8 heteroatoms. The molecule has 2 aromatic heterocycles. The second-order valence-electron chi connectivity index (χ2n) is 4.04. The molecule has 2 heterocycles. The van der Waals surface area contributed by atoms with Crippen molar-refractivity contribution in [3.8, 4) is 11.8 Å². The molecule has 0 aromatic carbocycles. The van der Waals surface area contributed by atoms with Gasteiger partial charge in [-0.25, -0.2) is 4.79 Å². The fourth-order valence-corrected chi connectivity index (χ4v) is 1.74. The quantitative estimate of drug-likeness (QED) is 0.505. The van der Waals surface area contributed by atoms with Crippen LogP contribution in [0.1, 0.15) is 5.56 Å². The zero-order valence-corrected chi connectivity index (χ0v) is 11.1. The van der Waals surface area contributed by atoms with Crippen LogP contribution < -0.4 is 21.9 Å². The Morgan fingerprint density at radius 3 is 3.05 bits per heavy atom. The van der Waals surface area contributed by atoms with Gasteiger partial charge < -0.3 is 20.9 Å². The Bertz CT molecular complexity index is 777. The summed E-state index contributed by atoms with van der Waals surface area (Å²) < 4.78 is 1.68. The number of rotatable bonds is 1. The van der Waals surface area contributed by atoms with Gasteiger partial charge in [0.2, 0.25) is 5.95 Å². The van der Waals surface area contributed by atoms with Crippen LogP contribution in [0.2, 0.25) is 0 Å². The van der Waals surface area contributed by atoms with Gasteiger partial charge in [0.15, 0.2) is 5.65 Å². The van der Waals surface area contributed by atoms with Gasteiger partial charge in [-0.2, -0.15) is 4.98 Å². The molecular formula is C12H14N6O2. The number of carbonyl (C=O) groups excluding carboxylic acids is 1. The van der Waals surface area contributed by atoms with E-state index in [0.717, 1.165) is 0 Å². The maximum absolute atomic E-state index is 11.9. The molecule has 0 saturated carbocycles. The van der Waals surface area contributed by atoms with Crippen LogP contribution >= 0.6 is 0 Å². The van der Waals surface area contributed by atoms with Crippen LogP contribution in [0.15, 0.2) is 11.0 Å². The highest BCUT2D eigenvalue weighted by Crippen LogP contribution is 2.13. The lowest BCUT2D eigenvalue weighted by Gasteiger charge is -1.96. The highest BCUT2D eigenvalue weighted by Gasteiger charge is 2.10. The number of H-pyrrole nitrogens is 1. The van der Waals surface area contributed by atoms with E-state index in [0.29, 0.717) is 16.6 Å². The van der Waals surface area contributed by atoms with E-state index in [9.17, 15) is 9.59 Å². The molecule has 0 unspecified atom stereocenters. The summed E-state index contributed by atoms with van der Waals surface area (Å²) in [5.41, 5.74) is 6.17. The lowest BCUT2D eigenvalue weighted by molar-refractivity contribution is 0.244. The largest absolute Gasteiger partial charge is 0.369 e. The van der Waals surface area contributed by atoms with Gasteiger partial charge in [-0.05, 0) is 0 Å². The number of hydrogen-bond donors (Lipinski definition) is 4. The maximum atomic E-state index is 11.9. The number of nitrogens with one attached hydrogen (secondary N) is 3. The Morgan fingerprint density at radius 2 is 2.35 bits per heavy atom. The second kappa shape index (κ2) is 5.36. The molecule has 0 aliphatic carbocycles. The molecule has 104 valence electrons. The van der Waals surface area contributed by atoms with E-state index < -0.39 is 0 Å². The molecule has 0 aliphatic rings. The number of hydrogen-bond acceptors (Lipinski definition) is 4. The first-order chi connectivity index (χ1) is 9.52. The highest BCUT2D eigenvalue weighted by atomic mass is 16.2. The maximum Gasteiger partial charge on any atom is 0.315 e. The predicted octanol–water partition coefficient (Wildman–Crippen LogP) is -0.876. The third kappa shape index (κ3) is 2.56. The molecule has 2 rings (SSSR count). The molecular weight excluding hydrogens is 260 g/mol. The standard InChI is InChI=1S/C12H14N6O2/c1-14-12(20)15-5-3-4-7-6-18(2)9-8(7)10(19)17-11(13)16-9/h6H,5H2,1-2H3,(H2,14,15,20)(H3,13,16,17,19). The van der Waals surface area contributed by atoms with Crippen molar-refractivity contribution in [1.82, 2.24) is 25.2 Å². The molecule has 20 heavy (non-hydrogen) atoms. The van der Waals surface area contributed by atoms with Gasteiger partial charge in [0.1, 0.15) is 0 Å². The Hall–Kier alpha value is -2.95. The third-order valence-corrected chi connectivity index (χ3v) is 2.63. The van der Waals surface area contributed by atoms with Gasteiger partial charge in [-0.3, -0.25) is 9.78 Å². The number of urea groups is 1. The first-order valence-electron chi connectivity index (χ1n) is 5.82. The van der Waals surface area contributed by atoms with Gasteiger partial charge >= 0.3 is 6.03 Å². The van der Waals surface area contributed by atoms with Gasteiger partial charge in [0.25, 0.3) is 5.56 Å². The Labute approximate surface area is 114 Å². The van der Waals surface area contributed by atoms with E-state index in [2.05, 4.69) is 32.4 Å². The molecule has 0 spiro atoms. The van der Waals surface area contributed by atoms with E-state index >= 15 is 0 Å². The SMILES string of the molecule is CNC(=O)NCC#Cc1cn(C)c2nc(N)[nH]c(=O)c12. The molecule has 0 atom stereocenters. The summed E-state index contributed by atoms with van der Waals surface area (Å²) in [4.78, 5) is 29.3. The minimum atomic E-state index is -0.336. The normalized spacial score (nSPS) is 9.90. The van der Waals surface area contributed by atoms with Crippen molar-refractivity contribution in [3.63, 3.8) is 0 Å². The van der Waals surface area contributed by atoms with Gasteiger partial charge in [-0.1, -0.05) is 11.8 Å². The minimum absolute atomic E-state index is 0.0597.